The van der Waals surface area contributed by atoms with E-state index in [1.165, 1.54) is 23.1 Å². The summed E-state index contributed by atoms with van der Waals surface area (Å²) in [6.45, 7) is 6.01. The predicted molar refractivity (Wildman–Crippen MR) is 132 cm³/mol. The zero-order valence-electron chi connectivity index (χ0n) is 19.3. The van der Waals surface area contributed by atoms with Crippen LogP contribution >= 0.6 is 23.1 Å². The third-order valence-electron chi connectivity index (χ3n) is 6.21. The molecule has 0 N–H and O–H groups in total. The van der Waals surface area contributed by atoms with E-state index >= 15 is 0 Å². The summed E-state index contributed by atoms with van der Waals surface area (Å²) >= 11 is 2.76. The Labute approximate surface area is 205 Å². The molecule has 0 saturated carbocycles. The van der Waals surface area contributed by atoms with Gasteiger partial charge in [0, 0.05) is 25.5 Å². The summed E-state index contributed by atoms with van der Waals surface area (Å²) in [5, 5.41) is 5.71. The fraction of sp³-hybridized carbons (Fsp3) is 0.435. The lowest BCUT2D eigenvalue weighted by Crippen LogP contribution is -2.39. The summed E-state index contributed by atoms with van der Waals surface area (Å²) in [5.74, 6) is 0.699. The van der Waals surface area contributed by atoms with Crippen LogP contribution in [0.3, 0.4) is 0 Å². The smallest absolute Gasteiger partial charge is 0.294 e. The topological polar surface area (TPSA) is 81.3 Å². The molecule has 8 nitrogen and oxygen atoms in total. The van der Waals surface area contributed by atoms with Gasteiger partial charge in [-0.15, -0.1) is 16.9 Å². The van der Waals surface area contributed by atoms with Crippen molar-refractivity contribution in [3.05, 3.63) is 42.2 Å². The fourth-order valence-electron chi connectivity index (χ4n) is 4.10. The number of imidazole rings is 1. The van der Waals surface area contributed by atoms with Crippen molar-refractivity contribution >= 4 is 34.0 Å². The second-order valence-corrected chi connectivity index (χ2v) is 10.1. The molecule has 4 aromatic rings. The number of piperidine rings is 1. The van der Waals surface area contributed by atoms with E-state index in [9.17, 15) is 4.39 Å². The Bertz CT molecular complexity index is 1240. The van der Waals surface area contributed by atoms with Gasteiger partial charge in [0.2, 0.25) is 16.9 Å². The molecule has 0 spiro atoms. The van der Waals surface area contributed by atoms with Crippen molar-refractivity contribution in [2.45, 2.75) is 44.2 Å². The summed E-state index contributed by atoms with van der Waals surface area (Å²) in [7, 11) is 0. The van der Waals surface area contributed by atoms with Gasteiger partial charge in [0.05, 0.1) is 22.5 Å². The Morgan fingerprint density at radius 2 is 1.97 bits per heavy atom. The van der Waals surface area contributed by atoms with Crippen LogP contribution in [0.15, 0.2) is 35.7 Å². The van der Waals surface area contributed by atoms with Crippen LogP contribution in [0.25, 0.3) is 16.2 Å². The van der Waals surface area contributed by atoms with Gasteiger partial charge in [0.1, 0.15) is 6.10 Å². The number of pyridine rings is 1. The highest BCUT2D eigenvalue weighted by Crippen LogP contribution is 2.31. The molecule has 1 aliphatic rings. The molecule has 0 amide bonds. The van der Waals surface area contributed by atoms with Gasteiger partial charge in [-0.1, -0.05) is 6.92 Å². The average Bonchev–Trinajstić information content (AvgIpc) is 3.42. The Morgan fingerprint density at radius 3 is 2.62 bits per heavy atom. The monoisotopic (exact) mass is 499 g/mol. The summed E-state index contributed by atoms with van der Waals surface area (Å²) < 4.78 is 22.2. The Hall–Kier alpha value is -2.79. The van der Waals surface area contributed by atoms with E-state index in [1.807, 2.05) is 18.6 Å². The SMILES string of the molecule is CCc1cnc(N2CCC([C@H](C)Oc3nn4cc(-c5ccc(SC)nc5F)nc4s3)CC2)nc1. The minimum absolute atomic E-state index is 0.0293. The quantitative estimate of drug-likeness (QED) is 0.266. The third kappa shape index (κ3) is 4.72. The zero-order valence-corrected chi connectivity index (χ0v) is 20.9. The first-order valence-corrected chi connectivity index (χ1v) is 13.4. The molecule has 1 saturated heterocycles. The Balaban J connectivity index is 1.20. The number of anilines is 1. The molecule has 1 fully saturated rings. The van der Waals surface area contributed by atoms with Crippen molar-refractivity contribution < 1.29 is 9.13 Å². The van der Waals surface area contributed by atoms with E-state index in [0.717, 1.165) is 43.9 Å². The Kier molecular flexibility index (Phi) is 6.64. The molecular formula is C23H26FN7OS2. The van der Waals surface area contributed by atoms with E-state index in [1.54, 1.807) is 22.8 Å². The molecule has 178 valence electrons. The molecular weight excluding hydrogens is 473 g/mol. The number of rotatable bonds is 7. The van der Waals surface area contributed by atoms with E-state index < -0.39 is 5.95 Å². The second-order valence-electron chi connectivity index (χ2n) is 8.31. The Morgan fingerprint density at radius 1 is 1.21 bits per heavy atom. The average molecular weight is 500 g/mol. The van der Waals surface area contributed by atoms with Gasteiger partial charge in [-0.2, -0.15) is 4.39 Å². The van der Waals surface area contributed by atoms with Crippen LogP contribution in [-0.4, -0.2) is 55.0 Å². The standard InChI is InChI=1S/C23H26FN7OS2/c1-4-15-11-25-21(26-12-15)30-9-7-16(8-10-30)14(2)32-23-29-31-13-18(27-22(31)34-23)17-5-6-19(33-3)28-20(17)24/h5-6,11-14,16H,4,7-10H2,1-3H3/t14-/m0/s1. The first-order chi connectivity index (χ1) is 16.5. The maximum atomic E-state index is 14.4. The number of halogens is 1. The van der Waals surface area contributed by atoms with Gasteiger partial charge < -0.3 is 9.64 Å². The van der Waals surface area contributed by atoms with E-state index in [2.05, 4.69) is 43.8 Å². The number of ether oxygens (including phenoxy) is 1. The van der Waals surface area contributed by atoms with Crippen LogP contribution < -0.4 is 9.64 Å². The lowest BCUT2D eigenvalue weighted by molar-refractivity contribution is 0.131. The molecule has 1 aliphatic heterocycles. The van der Waals surface area contributed by atoms with Gasteiger partial charge in [-0.05, 0) is 67.4 Å². The van der Waals surface area contributed by atoms with Gasteiger partial charge in [-0.25, -0.2) is 24.5 Å². The molecule has 0 aliphatic carbocycles. The van der Waals surface area contributed by atoms with Crippen LogP contribution in [-0.2, 0) is 6.42 Å². The van der Waals surface area contributed by atoms with E-state index in [4.69, 9.17) is 4.74 Å². The molecule has 5 heterocycles. The van der Waals surface area contributed by atoms with Gasteiger partial charge in [-0.3, -0.25) is 0 Å². The normalized spacial score (nSPS) is 15.7. The van der Waals surface area contributed by atoms with Crippen LogP contribution in [0, 0.1) is 11.9 Å². The van der Waals surface area contributed by atoms with E-state index in [0.29, 0.717) is 32.4 Å². The van der Waals surface area contributed by atoms with Crippen LogP contribution in [0.4, 0.5) is 10.3 Å². The van der Waals surface area contributed by atoms with Crippen molar-refractivity contribution in [2.24, 2.45) is 5.92 Å². The summed E-state index contributed by atoms with van der Waals surface area (Å²) in [6.07, 6.45) is 10.4. The number of hydrogen-bond acceptors (Lipinski definition) is 9. The van der Waals surface area contributed by atoms with Crippen molar-refractivity contribution in [1.29, 1.82) is 0 Å². The minimum Gasteiger partial charge on any atom is -0.466 e. The predicted octanol–water partition coefficient (Wildman–Crippen LogP) is 4.75. The fourth-order valence-corrected chi connectivity index (χ4v) is 5.29. The second kappa shape index (κ2) is 9.83. The highest BCUT2D eigenvalue weighted by molar-refractivity contribution is 7.98. The van der Waals surface area contributed by atoms with Crippen molar-refractivity contribution in [2.75, 3.05) is 24.2 Å². The first-order valence-electron chi connectivity index (χ1n) is 11.3. The summed E-state index contributed by atoms with van der Waals surface area (Å²) in [5.41, 5.74) is 2.03. The summed E-state index contributed by atoms with van der Waals surface area (Å²) in [6, 6.07) is 3.49. The van der Waals surface area contributed by atoms with Crippen molar-refractivity contribution in [1.82, 2.24) is 29.5 Å². The van der Waals surface area contributed by atoms with Crippen molar-refractivity contribution in [3.8, 4) is 16.5 Å². The van der Waals surface area contributed by atoms with Crippen LogP contribution in [0.2, 0.25) is 0 Å². The van der Waals surface area contributed by atoms with E-state index in [-0.39, 0.29) is 6.10 Å². The molecule has 34 heavy (non-hydrogen) atoms. The first kappa shape index (κ1) is 23.0. The van der Waals surface area contributed by atoms with Gasteiger partial charge in [0.15, 0.2) is 0 Å². The van der Waals surface area contributed by atoms with Crippen LogP contribution in [0.5, 0.6) is 5.19 Å². The largest absolute Gasteiger partial charge is 0.466 e. The lowest BCUT2D eigenvalue weighted by atomic mass is 9.92. The number of nitrogens with zero attached hydrogens (tertiary/aromatic N) is 7. The number of thioether (sulfide) groups is 1. The molecule has 0 unspecified atom stereocenters. The van der Waals surface area contributed by atoms with Gasteiger partial charge in [0.25, 0.3) is 5.19 Å². The maximum Gasteiger partial charge on any atom is 0.294 e. The lowest BCUT2D eigenvalue weighted by Gasteiger charge is -2.34. The molecule has 0 aromatic carbocycles. The molecule has 5 rings (SSSR count). The molecule has 4 aromatic heterocycles. The number of aryl methyl sites for hydroxylation is 1. The van der Waals surface area contributed by atoms with Crippen LogP contribution in [0.1, 0.15) is 32.3 Å². The number of fused-ring (bicyclic) bond motifs is 1. The molecule has 0 radical (unpaired) electrons. The van der Waals surface area contributed by atoms with Crippen molar-refractivity contribution in [3.63, 3.8) is 0 Å². The molecule has 1 atom stereocenters. The number of aromatic nitrogens is 6. The minimum atomic E-state index is -0.527. The number of hydrogen-bond donors (Lipinski definition) is 0. The van der Waals surface area contributed by atoms with Gasteiger partial charge >= 0.3 is 0 Å². The third-order valence-corrected chi connectivity index (χ3v) is 7.66. The molecule has 0 bridgehead atoms. The maximum absolute atomic E-state index is 14.4. The molecule has 11 heteroatoms. The summed E-state index contributed by atoms with van der Waals surface area (Å²) in [4.78, 5) is 20.4. The highest BCUT2D eigenvalue weighted by Gasteiger charge is 2.27. The highest BCUT2D eigenvalue weighted by atomic mass is 32.2. The zero-order chi connectivity index (χ0) is 23.7.